The van der Waals surface area contributed by atoms with Crippen molar-refractivity contribution in [3.8, 4) is 11.5 Å². The summed E-state index contributed by atoms with van der Waals surface area (Å²) in [6.45, 7) is 1.52. The SMILES string of the molecule is COc1ccc(C(=O)N2CCC(=O)C(C)(C(=O)Oc3ccc([N+](=O)[O-])cc3)C2)cc1. The first kappa shape index (κ1) is 21.0. The van der Waals surface area contributed by atoms with Crippen LogP contribution in [0.25, 0.3) is 0 Å². The lowest BCUT2D eigenvalue weighted by molar-refractivity contribution is -0.384. The van der Waals surface area contributed by atoms with Gasteiger partial charge in [-0.3, -0.25) is 24.5 Å². The summed E-state index contributed by atoms with van der Waals surface area (Å²) in [5, 5.41) is 10.7. The number of nitrogens with zero attached hydrogens (tertiary/aromatic N) is 2. The second kappa shape index (κ2) is 8.32. The molecule has 1 amide bonds. The molecular formula is C21H20N2O7. The minimum absolute atomic E-state index is 0.0216. The van der Waals surface area contributed by atoms with Gasteiger partial charge in [0.25, 0.3) is 11.6 Å². The number of benzene rings is 2. The van der Waals surface area contributed by atoms with Crippen molar-refractivity contribution in [2.75, 3.05) is 20.2 Å². The van der Waals surface area contributed by atoms with Gasteiger partial charge in [-0.25, -0.2) is 0 Å². The molecule has 2 aromatic rings. The molecule has 1 heterocycles. The van der Waals surface area contributed by atoms with E-state index in [4.69, 9.17) is 9.47 Å². The van der Waals surface area contributed by atoms with Gasteiger partial charge in [0.2, 0.25) is 0 Å². The molecule has 9 nitrogen and oxygen atoms in total. The van der Waals surface area contributed by atoms with Crippen molar-refractivity contribution < 1.29 is 28.8 Å². The molecule has 0 saturated carbocycles. The van der Waals surface area contributed by atoms with Crippen LogP contribution in [0.2, 0.25) is 0 Å². The summed E-state index contributed by atoms with van der Waals surface area (Å²) in [5.74, 6) is -0.753. The molecule has 3 rings (SSSR count). The van der Waals surface area contributed by atoms with Crippen molar-refractivity contribution in [3.05, 3.63) is 64.2 Å². The summed E-state index contributed by atoms with van der Waals surface area (Å²) >= 11 is 0. The molecule has 0 N–H and O–H groups in total. The highest BCUT2D eigenvalue weighted by Gasteiger charge is 2.47. The molecule has 156 valence electrons. The number of nitro benzene ring substituents is 1. The van der Waals surface area contributed by atoms with E-state index in [0.29, 0.717) is 11.3 Å². The number of methoxy groups -OCH3 is 1. The average Bonchev–Trinajstić information content (AvgIpc) is 2.75. The molecule has 0 spiro atoms. The van der Waals surface area contributed by atoms with Crippen molar-refractivity contribution in [2.24, 2.45) is 5.41 Å². The van der Waals surface area contributed by atoms with Crippen LogP contribution in [-0.4, -0.2) is 47.7 Å². The van der Waals surface area contributed by atoms with E-state index in [2.05, 4.69) is 0 Å². The van der Waals surface area contributed by atoms with Crippen LogP contribution in [0.15, 0.2) is 48.5 Å². The number of esters is 1. The lowest BCUT2D eigenvalue weighted by atomic mass is 9.80. The summed E-state index contributed by atoms with van der Waals surface area (Å²) in [5.41, 5.74) is -1.27. The fraction of sp³-hybridized carbons (Fsp3) is 0.286. The van der Waals surface area contributed by atoms with Crippen LogP contribution in [0.5, 0.6) is 11.5 Å². The number of rotatable bonds is 5. The summed E-state index contributed by atoms with van der Waals surface area (Å²) in [4.78, 5) is 49.8. The standard InChI is InChI=1S/C21H20N2O7/c1-21(20(26)30-17-9-5-15(6-10-17)23(27)28)13-22(12-11-18(21)24)19(25)14-3-7-16(29-2)8-4-14/h3-10H,11-13H2,1-2H3. The first-order chi connectivity index (χ1) is 14.2. The third-order valence-corrected chi connectivity index (χ3v) is 5.06. The Hall–Kier alpha value is -3.75. The van der Waals surface area contributed by atoms with E-state index in [1.165, 1.54) is 43.2 Å². The van der Waals surface area contributed by atoms with Crippen LogP contribution in [0, 0.1) is 15.5 Å². The molecule has 1 unspecified atom stereocenters. The van der Waals surface area contributed by atoms with Gasteiger partial charge in [0.05, 0.1) is 12.0 Å². The van der Waals surface area contributed by atoms with Gasteiger partial charge in [0.15, 0.2) is 5.78 Å². The molecule has 30 heavy (non-hydrogen) atoms. The highest BCUT2D eigenvalue weighted by molar-refractivity contribution is 6.06. The van der Waals surface area contributed by atoms with Gasteiger partial charge in [-0.15, -0.1) is 0 Å². The minimum Gasteiger partial charge on any atom is -0.497 e. The molecule has 1 saturated heterocycles. The minimum atomic E-state index is -1.54. The predicted molar refractivity (Wildman–Crippen MR) is 105 cm³/mol. The van der Waals surface area contributed by atoms with Crippen molar-refractivity contribution in [1.29, 1.82) is 0 Å². The number of piperidine rings is 1. The topological polar surface area (TPSA) is 116 Å². The Balaban J connectivity index is 1.75. The third kappa shape index (κ3) is 4.14. The maximum Gasteiger partial charge on any atom is 0.326 e. The molecule has 1 aliphatic rings. The van der Waals surface area contributed by atoms with Crippen LogP contribution in [-0.2, 0) is 9.59 Å². The van der Waals surface area contributed by atoms with E-state index in [9.17, 15) is 24.5 Å². The predicted octanol–water partition coefficient (Wildman–Crippen LogP) is 2.63. The number of hydrogen-bond donors (Lipinski definition) is 0. The number of ether oxygens (including phenoxy) is 2. The Bertz CT molecular complexity index is 985. The number of non-ortho nitro benzene ring substituents is 1. The Labute approximate surface area is 172 Å². The van der Waals surface area contributed by atoms with Gasteiger partial charge >= 0.3 is 5.97 Å². The van der Waals surface area contributed by atoms with E-state index in [-0.39, 0.29) is 42.6 Å². The average molecular weight is 412 g/mol. The van der Waals surface area contributed by atoms with Gasteiger partial charge in [-0.1, -0.05) is 0 Å². The van der Waals surface area contributed by atoms with Gasteiger partial charge < -0.3 is 14.4 Å². The maximum atomic E-state index is 12.8. The van der Waals surface area contributed by atoms with E-state index in [0.717, 1.165) is 0 Å². The molecule has 0 aromatic heterocycles. The molecular weight excluding hydrogens is 392 g/mol. The number of hydrogen-bond acceptors (Lipinski definition) is 7. The highest BCUT2D eigenvalue weighted by Crippen LogP contribution is 2.30. The van der Waals surface area contributed by atoms with Crippen LogP contribution in [0.3, 0.4) is 0 Å². The molecule has 1 atom stereocenters. The van der Waals surface area contributed by atoms with Crippen LogP contribution in [0.4, 0.5) is 5.69 Å². The summed E-state index contributed by atoms with van der Waals surface area (Å²) in [6.07, 6.45) is 0.0216. The Morgan fingerprint density at radius 2 is 1.67 bits per heavy atom. The van der Waals surface area contributed by atoms with Gasteiger partial charge in [0, 0.05) is 37.2 Å². The highest BCUT2D eigenvalue weighted by atomic mass is 16.6. The van der Waals surface area contributed by atoms with E-state index >= 15 is 0 Å². The van der Waals surface area contributed by atoms with Crippen LogP contribution in [0.1, 0.15) is 23.7 Å². The smallest absolute Gasteiger partial charge is 0.326 e. The number of Topliss-reactive ketones (excluding diaryl/α,β-unsaturated/α-hetero) is 1. The molecule has 0 aliphatic carbocycles. The number of amides is 1. The lowest BCUT2D eigenvalue weighted by Gasteiger charge is -2.37. The number of carbonyl (C=O) groups excluding carboxylic acids is 3. The molecule has 1 fully saturated rings. The molecule has 9 heteroatoms. The number of ketones is 1. The second-order valence-corrected chi connectivity index (χ2v) is 7.10. The van der Waals surface area contributed by atoms with Gasteiger partial charge in [-0.05, 0) is 43.3 Å². The Kier molecular flexibility index (Phi) is 5.81. The maximum absolute atomic E-state index is 12.8. The summed E-state index contributed by atoms with van der Waals surface area (Å²) < 4.78 is 10.4. The quantitative estimate of drug-likeness (QED) is 0.244. The van der Waals surface area contributed by atoms with E-state index in [1.807, 2.05) is 0 Å². The molecule has 0 radical (unpaired) electrons. The summed E-state index contributed by atoms with van der Waals surface area (Å²) in [6, 6.07) is 11.5. The zero-order chi connectivity index (χ0) is 21.9. The number of likely N-dealkylation sites (tertiary alicyclic amines) is 1. The molecule has 1 aliphatic heterocycles. The third-order valence-electron chi connectivity index (χ3n) is 5.06. The number of carbonyl (C=O) groups is 3. The van der Waals surface area contributed by atoms with E-state index < -0.39 is 16.3 Å². The van der Waals surface area contributed by atoms with Gasteiger partial charge in [0.1, 0.15) is 16.9 Å². The van der Waals surface area contributed by atoms with Gasteiger partial charge in [-0.2, -0.15) is 0 Å². The van der Waals surface area contributed by atoms with Crippen LogP contribution < -0.4 is 9.47 Å². The zero-order valence-corrected chi connectivity index (χ0v) is 16.5. The monoisotopic (exact) mass is 412 g/mol. The first-order valence-electron chi connectivity index (χ1n) is 9.18. The van der Waals surface area contributed by atoms with Crippen LogP contribution >= 0.6 is 0 Å². The largest absolute Gasteiger partial charge is 0.497 e. The molecule has 2 aromatic carbocycles. The first-order valence-corrected chi connectivity index (χ1v) is 9.18. The fourth-order valence-corrected chi connectivity index (χ4v) is 3.18. The second-order valence-electron chi connectivity index (χ2n) is 7.10. The van der Waals surface area contributed by atoms with Crippen molar-refractivity contribution in [2.45, 2.75) is 13.3 Å². The van der Waals surface area contributed by atoms with E-state index in [1.54, 1.807) is 24.3 Å². The van der Waals surface area contributed by atoms with Crippen molar-refractivity contribution in [3.63, 3.8) is 0 Å². The summed E-state index contributed by atoms with van der Waals surface area (Å²) in [7, 11) is 1.52. The van der Waals surface area contributed by atoms with Crippen molar-refractivity contribution >= 4 is 23.3 Å². The Morgan fingerprint density at radius 1 is 1.07 bits per heavy atom. The van der Waals surface area contributed by atoms with Crippen molar-refractivity contribution in [1.82, 2.24) is 4.90 Å². The normalized spacial score (nSPS) is 18.6. The molecule has 0 bridgehead atoms. The zero-order valence-electron chi connectivity index (χ0n) is 16.5. The lowest BCUT2D eigenvalue weighted by Crippen LogP contribution is -2.54. The Morgan fingerprint density at radius 3 is 2.23 bits per heavy atom. The number of nitro groups is 1. The fourth-order valence-electron chi connectivity index (χ4n) is 3.18.